The Morgan fingerprint density at radius 1 is 1.50 bits per heavy atom. The number of aromatic amines is 1. The van der Waals surface area contributed by atoms with Crippen molar-refractivity contribution < 1.29 is 9.90 Å². The fourth-order valence-electron chi connectivity index (χ4n) is 2.93. The summed E-state index contributed by atoms with van der Waals surface area (Å²) in [5.74, 6) is -0.0834. The van der Waals surface area contributed by atoms with Crippen molar-refractivity contribution in [3.05, 3.63) is 55.0 Å². The molecule has 0 spiro atoms. The Bertz CT molecular complexity index is 834. The van der Waals surface area contributed by atoms with Crippen molar-refractivity contribution in [2.24, 2.45) is 13.0 Å². The van der Waals surface area contributed by atoms with Gasteiger partial charge >= 0.3 is 5.69 Å². The highest BCUT2D eigenvalue weighted by Crippen LogP contribution is 2.39. The molecule has 2 aromatic rings. The molecule has 1 saturated carbocycles. The first kappa shape index (κ1) is 16.7. The van der Waals surface area contributed by atoms with Gasteiger partial charge in [0.15, 0.2) is 0 Å². The van der Waals surface area contributed by atoms with Crippen molar-refractivity contribution in [2.45, 2.75) is 31.4 Å². The van der Waals surface area contributed by atoms with E-state index in [1.54, 1.807) is 11.3 Å². The zero-order valence-electron chi connectivity index (χ0n) is 13.2. The maximum atomic E-state index is 12.4. The van der Waals surface area contributed by atoms with Gasteiger partial charge in [-0.3, -0.25) is 14.2 Å². The average Bonchev–Trinajstić information content (AvgIpc) is 3.05. The number of carbonyl (C=O) groups is 1. The van der Waals surface area contributed by atoms with Gasteiger partial charge in [-0.2, -0.15) is 0 Å². The smallest absolute Gasteiger partial charge is 0.328 e. The second kappa shape index (κ2) is 6.74. The van der Waals surface area contributed by atoms with Gasteiger partial charge in [0.05, 0.1) is 18.6 Å². The lowest BCUT2D eigenvalue weighted by Gasteiger charge is -2.37. The number of hydrogen-bond acceptors (Lipinski definition) is 5. The normalized spacial score (nSPS) is 21.1. The van der Waals surface area contributed by atoms with Gasteiger partial charge in [-0.05, 0) is 30.2 Å². The van der Waals surface area contributed by atoms with Crippen LogP contribution in [0.4, 0.5) is 0 Å². The monoisotopic (exact) mass is 349 g/mol. The highest BCUT2D eigenvalue weighted by molar-refractivity contribution is 7.10. The molecule has 1 aliphatic rings. The van der Waals surface area contributed by atoms with E-state index in [0.717, 1.165) is 9.44 Å². The van der Waals surface area contributed by atoms with Crippen LogP contribution < -0.4 is 16.6 Å². The number of aliphatic hydroxyl groups excluding tert-OH is 1. The van der Waals surface area contributed by atoms with E-state index >= 15 is 0 Å². The average molecular weight is 349 g/mol. The van der Waals surface area contributed by atoms with Gasteiger partial charge in [0.2, 0.25) is 5.91 Å². The molecule has 0 aromatic carbocycles. The molecule has 1 amide bonds. The maximum absolute atomic E-state index is 12.4. The fourth-order valence-corrected chi connectivity index (χ4v) is 3.80. The molecule has 1 atom stereocenters. The summed E-state index contributed by atoms with van der Waals surface area (Å²) in [5.41, 5.74) is -0.738. The molecule has 0 radical (unpaired) electrons. The minimum atomic E-state index is -0.510. The van der Waals surface area contributed by atoms with Crippen LogP contribution in [0.15, 0.2) is 33.3 Å². The third kappa shape index (κ3) is 3.34. The Labute approximate surface area is 142 Å². The first-order chi connectivity index (χ1) is 11.5. The number of amides is 1. The van der Waals surface area contributed by atoms with Crippen molar-refractivity contribution >= 4 is 17.2 Å². The summed E-state index contributed by atoms with van der Waals surface area (Å²) in [5, 5.41) is 14.5. The zero-order chi connectivity index (χ0) is 17.3. The summed E-state index contributed by atoms with van der Waals surface area (Å²) >= 11 is 1.56. The molecule has 1 aliphatic carbocycles. The van der Waals surface area contributed by atoms with Crippen molar-refractivity contribution in [3.63, 3.8) is 0 Å². The SMILES string of the molecule is Cn1c(=O)[nH]cc(CC(=O)N[C@H](c2cccs2)C2CC(O)C2)c1=O. The van der Waals surface area contributed by atoms with E-state index in [0.29, 0.717) is 12.8 Å². The predicted octanol–water partition coefficient (Wildman–Crippen LogP) is 0.306. The van der Waals surface area contributed by atoms with Gasteiger partial charge < -0.3 is 15.4 Å². The Balaban J connectivity index is 1.73. The Morgan fingerprint density at radius 3 is 2.88 bits per heavy atom. The van der Waals surface area contributed by atoms with Gasteiger partial charge in [0.25, 0.3) is 5.56 Å². The number of nitrogens with one attached hydrogen (secondary N) is 2. The first-order valence-electron chi connectivity index (χ1n) is 7.74. The van der Waals surface area contributed by atoms with Crippen LogP contribution in [0.3, 0.4) is 0 Å². The minimum absolute atomic E-state index is 0.0966. The molecule has 2 aromatic heterocycles. The van der Waals surface area contributed by atoms with Gasteiger partial charge in [-0.25, -0.2) is 4.79 Å². The topological polar surface area (TPSA) is 104 Å². The molecule has 0 unspecified atom stereocenters. The van der Waals surface area contributed by atoms with Crippen LogP contribution in [0.5, 0.6) is 0 Å². The number of carbonyl (C=O) groups excluding carboxylic acids is 1. The lowest BCUT2D eigenvalue weighted by atomic mass is 9.76. The zero-order valence-corrected chi connectivity index (χ0v) is 14.0. The van der Waals surface area contributed by atoms with Gasteiger partial charge in [-0.15, -0.1) is 11.3 Å². The maximum Gasteiger partial charge on any atom is 0.328 e. The predicted molar refractivity (Wildman–Crippen MR) is 89.9 cm³/mol. The van der Waals surface area contributed by atoms with Gasteiger partial charge in [-0.1, -0.05) is 6.07 Å². The number of thiophene rings is 1. The van der Waals surface area contributed by atoms with E-state index in [1.807, 2.05) is 17.5 Å². The highest BCUT2D eigenvalue weighted by Gasteiger charge is 2.36. The minimum Gasteiger partial charge on any atom is -0.393 e. The van der Waals surface area contributed by atoms with E-state index in [1.165, 1.54) is 13.2 Å². The standard InChI is InChI=1S/C16H19N3O4S/c1-19-15(22)10(8-17-16(19)23)7-13(21)18-14(9-5-11(20)6-9)12-3-2-4-24-12/h2-4,8-9,11,14,20H,5-7H2,1H3,(H,17,23)(H,18,21)/t9?,11?,14-/m0/s1. The van der Waals surface area contributed by atoms with E-state index in [2.05, 4.69) is 10.3 Å². The van der Waals surface area contributed by atoms with Crippen LogP contribution in [-0.2, 0) is 18.3 Å². The summed E-state index contributed by atoms with van der Waals surface area (Å²) in [6.07, 6.45) is 2.20. The molecule has 24 heavy (non-hydrogen) atoms. The van der Waals surface area contributed by atoms with Gasteiger partial charge in [0, 0.05) is 23.7 Å². The fraction of sp³-hybridized carbons (Fsp3) is 0.438. The Kier molecular flexibility index (Phi) is 4.68. The number of aromatic nitrogens is 2. The second-order valence-electron chi connectivity index (χ2n) is 6.11. The molecule has 128 valence electrons. The highest BCUT2D eigenvalue weighted by atomic mass is 32.1. The lowest BCUT2D eigenvalue weighted by molar-refractivity contribution is -0.122. The van der Waals surface area contributed by atoms with E-state index in [9.17, 15) is 19.5 Å². The number of nitrogens with zero attached hydrogens (tertiary/aromatic N) is 1. The molecule has 0 bridgehead atoms. The summed E-state index contributed by atoms with van der Waals surface area (Å²) < 4.78 is 0.946. The number of rotatable bonds is 5. The van der Waals surface area contributed by atoms with Crippen LogP contribution >= 0.6 is 11.3 Å². The van der Waals surface area contributed by atoms with E-state index in [-0.39, 0.29) is 36.0 Å². The molecule has 2 heterocycles. The summed E-state index contributed by atoms with van der Waals surface area (Å²) in [6.45, 7) is 0. The molecule has 7 nitrogen and oxygen atoms in total. The molecule has 0 saturated heterocycles. The Morgan fingerprint density at radius 2 is 2.25 bits per heavy atom. The largest absolute Gasteiger partial charge is 0.393 e. The summed E-state index contributed by atoms with van der Waals surface area (Å²) in [4.78, 5) is 39.2. The van der Waals surface area contributed by atoms with Crippen LogP contribution in [0.1, 0.15) is 29.3 Å². The quantitative estimate of drug-likeness (QED) is 0.722. The molecular formula is C16H19N3O4S. The van der Waals surface area contributed by atoms with Crippen LogP contribution in [0.25, 0.3) is 0 Å². The van der Waals surface area contributed by atoms with Crippen molar-refractivity contribution in [1.29, 1.82) is 0 Å². The van der Waals surface area contributed by atoms with Crippen LogP contribution in [0.2, 0.25) is 0 Å². The third-order valence-corrected chi connectivity index (χ3v) is 5.35. The third-order valence-electron chi connectivity index (χ3n) is 4.39. The van der Waals surface area contributed by atoms with Crippen molar-refractivity contribution in [1.82, 2.24) is 14.9 Å². The number of H-pyrrole nitrogens is 1. The van der Waals surface area contributed by atoms with Crippen LogP contribution in [-0.4, -0.2) is 26.7 Å². The number of hydrogen-bond donors (Lipinski definition) is 3. The first-order valence-corrected chi connectivity index (χ1v) is 8.62. The van der Waals surface area contributed by atoms with Gasteiger partial charge in [0.1, 0.15) is 0 Å². The summed E-state index contributed by atoms with van der Waals surface area (Å²) in [6, 6.07) is 3.72. The van der Waals surface area contributed by atoms with Crippen LogP contribution in [0, 0.1) is 5.92 Å². The molecule has 1 fully saturated rings. The van der Waals surface area contributed by atoms with E-state index < -0.39 is 11.2 Å². The molecule has 3 N–H and O–H groups in total. The Hall–Kier alpha value is -2.19. The second-order valence-corrected chi connectivity index (χ2v) is 7.09. The number of aliphatic hydroxyl groups is 1. The molecule has 0 aliphatic heterocycles. The van der Waals surface area contributed by atoms with Crippen molar-refractivity contribution in [3.8, 4) is 0 Å². The molecular weight excluding hydrogens is 330 g/mol. The molecule has 3 rings (SSSR count). The lowest BCUT2D eigenvalue weighted by Crippen LogP contribution is -2.42. The van der Waals surface area contributed by atoms with E-state index in [4.69, 9.17) is 0 Å². The summed E-state index contributed by atoms with van der Waals surface area (Å²) in [7, 11) is 1.37. The molecule has 8 heteroatoms. The van der Waals surface area contributed by atoms with Crippen molar-refractivity contribution in [2.75, 3.05) is 0 Å².